The number of amides is 2. The van der Waals surface area contributed by atoms with Gasteiger partial charge in [0.25, 0.3) is 11.8 Å². The van der Waals surface area contributed by atoms with Gasteiger partial charge >= 0.3 is 6.18 Å². The Morgan fingerprint density at radius 1 is 1.21 bits per heavy atom. The summed E-state index contributed by atoms with van der Waals surface area (Å²) in [6, 6.07) is 0.124. The highest BCUT2D eigenvalue weighted by Gasteiger charge is 2.34. The minimum Gasteiger partial charge on any atom is -0.343 e. The summed E-state index contributed by atoms with van der Waals surface area (Å²) in [6.07, 6.45) is -1.14. The number of thiazole rings is 1. The zero-order valence-corrected chi connectivity index (χ0v) is 19.2. The highest BCUT2D eigenvalue weighted by atomic mass is 35.5. The molecule has 1 unspecified atom stereocenters. The fourth-order valence-electron chi connectivity index (χ4n) is 2.86. The summed E-state index contributed by atoms with van der Waals surface area (Å²) in [5.74, 6) is -1.35. The van der Waals surface area contributed by atoms with Crippen LogP contribution >= 0.6 is 22.9 Å². The van der Waals surface area contributed by atoms with Gasteiger partial charge < -0.3 is 16.0 Å². The van der Waals surface area contributed by atoms with E-state index in [1.807, 2.05) is 0 Å². The molecule has 176 valence electrons. The van der Waals surface area contributed by atoms with Gasteiger partial charge in [-0.25, -0.2) is 9.97 Å². The molecule has 0 spiro atoms. The molecule has 3 rings (SSSR count). The Kier molecular flexibility index (Phi) is 7.34. The summed E-state index contributed by atoms with van der Waals surface area (Å²) in [5.41, 5.74) is 0.00133. The summed E-state index contributed by atoms with van der Waals surface area (Å²) in [7, 11) is 3.48. The van der Waals surface area contributed by atoms with Crippen LogP contribution in [0.3, 0.4) is 0 Å². The van der Waals surface area contributed by atoms with E-state index in [9.17, 15) is 22.8 Å². The summed E-state index contributed by atoms with van der Waals surface area (Å²) in [5, 5.41) is 12.0. The highest BCUT2D eigenvalue weighted by molar-refractivity contribution is 7.13. The van der Waals surface area contributed by atoms with Gasteiger partial charge in [0.1, 0.15) is 15.7 Å². The molecule has 0 saturated carbocycles. The Bertz CT molecular complexity index is 1180. The van der Waals surface area contributed by atoms with Gasteiger partial charge in [0, 0.05) is 19.8 Å². The second kappa shape index (κ2) is 9.85. The third-order valence-electron chi connectivity index (χ3n) is 4.52. The smallest absolute Gasteiger partial charge is 0.343 e. The molecule has 0 aliphatic carbocycles. The van der Waals surface area contributed by atoms with Crippen molar-refractivity contribution >= 4 is 40.6 Å². The summed E-state index contributed by atoms with van der Waals surface area (Å²) < 4.78 is 40.6. The molecule has 9 nitrogen and oxygen atoms in total. The van der Waals surface area contributed by atoms with E-state index in [1.54, 1.807) is 25.7 Å². The molecule has 3 aromatic rings. The van der Waals surface area contributed by atoms with Crippen molar-refractivity contribution in [3.8, 4) is 0 Å². The Balaban J connectivity index is 1.69. The number of nitrogens with zero attached hydrogens (tertiary/aromatic N) is 4. The van der Waals surface area contributed by atoms with Crippen molar-refractivity contribution in [3.63, 3.8) is 0 Å². The van der Waals surface area contributed by atoms with Gasteiger partial charge in [-0.05, 0) is 20.0 Å². The van der Waals surface area contributed by atoms with E-state index < -0.39 is 28.7 Å². The van der Waals surface area contributed by atoms with Crippen molar-refractivity contribution in [1.29, 1.82) is 0 Å². The summed E-state index contributed by atoms with van der Waals surface area (Å²) >= 11 is 6.53. The van der Waals surface area contributed by atoms with E-state index in [1.165, 1.54) is 12.4 Å². The molecule has 0 radical (unpaired) electrons. The van der Waals surface area contributed by atoms with Gasteiger partial charge in [-0.15, -0.1) is 11.3 Å². The molecule has 0 aromatic carbocycles. The number of hydrogen-bond acceptors (Lipinski definition) is 7. The molecule has 1 atom stereocenters. The number of carbonyl (C=O) groups excluding carboxylic acids is 2. The van der Waals surface area contributed by atoms with Crippen LogP contribution in [-0.4, -0.2) is 38.6 Å². The van der Waals surface area contributed by atoms with Crippen LogP contribution in [0.15, 0.2) is 24.7 Å². The lowest BCUT2D eigenvalue weighted by Crippen LogP contribution is -2.28. The third kappa shape index (κ3) is 5.67. The lowest BCUT2D eigenvalue weighted by molar-refractivity contribution is -0.137. The van der Waals surface area contributed by atoms with E-state index in [-0.39, 0.29) is 16.6 Å². The number of alkyl halides is 3. The molecule has 2 amide bonds. The summed E-state index contributed by atoms with van der Waals surface area (Å²) in [4.78, 5) is 33.1. The van der Waals surface area contributed by atoms with Crippen LogP contribution in [0.5, 0.6) is 0 Å². The van der Waals surface area contributed by atoms with Crippen LogP contribution in [-0.2, 0) is 19.8 Å². The molecule has 3 N–H and O–H groups in total. The maximum absolute atomic E-state index is 13.0. The van der Waals surface area contributed by atoms with Gasteiger partial charge in [0.05, 0.1) is 40.3 Å². The van der Waals surface area contributed by atoms with Crippen molar-refractivity contribution < 1.29 is 22.8 Å². The third-order valence-corrected chi connectivity index (χ3v) is 6.00. The van der Waals surface area contributed by atoms with Crippen LogP contribution in [0.4, 0.5) is 19.0 Å². The van der Waals surface area contributed by atoms with Crippen LogP contribution in [0.2, 0.25) is 5.02 Å². The van der Waals surface area contributed by atoms with Crippen LogP contribution in [0.25, 0.3) is 0 Å². The normalized spacial score (nSPS) is 12.5. The van der Waals surface area contributed by atoms with Gasteiger partial charge in [-0.3, -0.25) is 14.3 Å². The van der Waals surface area contributed by atoms with Crippen molar-refractivity contribution in [2.24, 2.45) is 7.05 Å². The van der Waals surface area contributed by atoms with Crippen LogP contribution < -0.4 is 16.0 Å². The van der Waals surface area contributed by atoms with Gasteiger partial charge in [0.2, 0.25) is 0 Å². The molecular formula is C19H19ClF3N7O2S. The first kappa shape index (κ1) is 24.6. The molecule has 0 fully saturated rings. The number of rotatable bonds is 7. The van der Waals surface area contributed by atoms with Crippen LogP contribution in [0, 0.1) is 0 Å². The van der Waals surface area contributed by atoms with Crippen molar-refractivity contribution in [2.45, 2.75) is 25.7 Å². The van der Waals surface area contributed by atoms with E-state index in [0.29, 0.717) is 28.9 Å². The highest BCUT2D eigenvalue weighted by Crippen LogP contribution is 2.35. The van der Waals surface area contributed by atoms with E-state index in [4.69, 9.17) is 11.6 Å². The maximum Gasteiger partial charge on any atom is 0.418 e. The van der Waals surface area contributed by atoms with Crippen LogP contribution in [0.1, 0.15) is 49.3 Å². The average molecular weight is 502 g/mol. The molecule has 0 aliphatic rings. The lowest BCUT2D eigenvalue weighted by Gasteiger charge is -2.12. The summed E-state index contributed by atoms with van der Waals surface area (Å²) in [6.45, 7) is 2.15. The van der Waals surface area contributed by atoms with E-state index in [2.05, 4.69) is 31.0 Å². The van der Waals surface area contributed by atoms with Crippen molar-refractivity contribution in [2.75, 3.05) is 12.4 Å². The minimum atomic E-state index is -4.69. The molecule has 14 heteroatoms. The zero-order chi connectivity index (χ0) is 24.3. The molecule has 0 bridgehead atoms. The van der Waals surface area contributed by atoms with Gasteiger partial charge in [-0.2, -0.15) is 18.3 Å². The average Bonchev–Trinajstić information content (AvgIpc) is 3.37. The van der Waals surface area contributed by atoms with E-state index >= 15 is 0 Å². The van der Waals surface area contributed by atoms with Crippen molar-refractivity contribution in [3.05, 3.63) is 56.4 Å². The quantitative estimate of drug-likeness (QED) is 0.457. The first-order valence-corrected chi connectivity index (χ1v) is 10.7. The van der Waals surface area contributed by atoms with Gasteiger partial charge in [0.15, 0.2) is 0 Å². The second-order valence-corrected chi connectivity index (χ2v) is 8.39. The number of carbonyl (C=O) groups is 2. The maximum atomic E-state index is 13.0. The molecule has 33 heavy (non-hydrogen) atoms. The predicted molar refractivity (Wildman–Crippen MR) is 116 cm³/mol. The monoisotopic (exact) mass is 501 g/mol. The number of pyridine rings is 1. The Labute approximate surface area is 195 Å². The topological polar surface area (TPSA) is 114 Å². The molecule has 0 saturated heterocycles. The Morgan fingerprint density at radius 3 is 2.61 bits per heavy atom. The minimum absolute atomic E-state index is 0.133. The number of nitrogens with one attached hydrogen (secondary N) is 3. The first-order chi connectivity index (χ1) is 15.5. The molecule has 0 aliphatic heterocycles. The number of hydrogen-bond donors (Lipinski definition) is 3. The molecular weight excluding hydrogens is 483 g/mol. The predicted octanol–water partition coefficient (Wildman–Crippen LogP) is 3.41. The SMILES string of the molecule is CNCc1c(C(=O)NC(C)c2ncc(C(=O)Nc3cc(C(F)(F)F)c(Cl)cn3)s2)cnn1C. The number of aromatic nitrogens is 4. The Hall–Kier alpha value is -3.03. The molecule has 3 heterocycles. The standard InChI is InChI=1S/C19H19ClF3N7O2S/c1-9(28-16(31)10-5-27-30(3)13(10)7-24-2)18-26-8-14(33-18)17(32)29-15-4-11(19(21,22)23)12(20)6-25-15/h4-6,8-9,24H,7H2,1-3H3,(H,28,31)(H,25,29,32). The Morgan fingerprint density at radius 2 is 1.94 bits per heavy atom. The first-order valence-electron chi connectivity index (χ1n) is 9.47. The van der Waals surface area contributed by atoms with Gasteiger partial charge in [-0.1, -0.05) is 11.6 Å². The number of anilines is 1. The lowest BCUT2D eigenvalue weighted by atomic mass is 10.2. The number of halogens is 4. The second-order valence-electron chi connectivity index (χ2n) is 6.92. The fraction of sp³-hybridized carbons (Fsp3) is 0.316. The van der Waals surface area contributed by atoms with Crippen molar-refractivity contribution in [1.82, 2.24) is 30.4 Å². The largest absolute Gasteiger partial charge is 0.418 e. The fourth-order valence-corrected chi connectivity index (χ4v) is 3.89. The zero-order valence-electron chi connectivity index (χ0n) is 17.6. The number of aryl methyl sites for hydroxylation is 1. The molecule has 3 aromatic heterocycles. The van der Waals surface area contributed by atoms with E-state index in [0.717, 1.165) is 17.5 Å².